The zero-order valence-corrected chi connectivity index (χ0v) is 15.5. The first kappa shape index (κ1) is 17.8. The Hall–Kier alpha value is -3.55. The number of hydrogen-bond acceptors (Lipinski definition) is 6. The quantitative estimate of drug-likeness (QED) is 0.477. The number of benzene rings is 1. The number of rotatable bonds is 4. The second kappa shape index (κ2) is 6.88. The van der Waals surface area contributed by atoms with E-state index in [9.17, 15) is 4.79 Å². The molecule has 1 saturated carbocycles. The SMILES string of the molecule is Cn1nccc1C(=O)NC(=N)C1(c2ccc(-c3cnc(N)nc3)cc2)CCC1. The van der Waals surface area contributed by atoms with Gasteiger partial charge in [0, 0.05) is 31.2 Å². The molecule has 0 spiro atoms. The summed E-state index contributed by atoms with van der Waals surface area (Å²) in [6, 6.07) is 9.63. The molecule has 4 N–H and O–H groups in total. The van der Waals surface area contributed by atoms with Crippen molar-refractivity contribution in [3.05, 3.63) is 60.2 Å². The van der Waals surface area contributed by atoms with Crippen LogP contribution in [0.25, 0.3) is 11.1 Å². The van der Waals surface area contributed by atoms with Gasteiger partial charge in [0.15, 0.2) is 0 Å². The minimum absolute atomic E-state index is 0.230. The Kier molecular flexibility index (Phi) is 4.38. The Morgan fingerprint density at radius 3 is 2.36 bits per heavy atom. The highest BCUT2D eigenvalue weighted by Gasteiger charge is 2.43. The number of carbonyl (C=O) groups is 1. The Bertz CT molecular complexity index is 1020. The van der Waals surface area contributed by atoms with E-state index >= 15 is 0 Å². The van der Waals surface area contributed by atoms with Gasteiger partial charge in [0.1, 0.15) is 11.5 Å². The first-order valence-corrected chi connectivity index (χ1v) is 9.06. The molecule has 1 aliphatic rings. The number of aryl methyl sites for hydroxylation is 1. The first-order valence-electron chi connectivity index (χ1n) is 9.06. The van der Waals surface area contributed by atoms with Gasteiger partial charge >= 0.3 is 0 Å². The van der Waals surface area contributed by atoms with Gasteiger partial charge in [-0.1, -0.05) is 30.7 Å². The highest BCUT2D eigenvalue weighted by atomic mass is 16.2. The highest BCUT2D eigenvalue weighted by molar-refractivity contribution is 6.08. The van der Waals surface area contributed by atoms with Gasteiger partial charge in [0.2, 0.25) is 5.95 Å². The van der Waals surface area contributed by atoms with Gasteiger partial charge in [-0.15, -0.1) is 0 Å². The number of amidine groups is 1. The van der Waals surface area contributed by atoms with Crippen LogP contribution in [0.2, 0.25) is 0 Å². The highest BCUT2D eigenvalue weighted by Crippen LogP contribution is 2.44. The van der Waals surface area contributed by atoms with E-state index in [1.54, 1.807) is 31.7 Å². The minimum Gasteiger partial charge on any atom is -0.368 e. The van der Waals surface area contributed by atoms with E-state index in [1.807, 2.05) is 24.3 Å². The third kappa shape index (κ3) is 3.02. The molecule has 28 heavy (non-hydrogen) atoms. The summed E-state index contributed by atoms with van der Waals surface area (Å²) in [5.41, 5.74) is 8.39. The normalized spacial score (nSPS) is 14.9. The lowest BCUT2D eigenvalue weighted by Crippen LogP contribution is -2.50. The number of amides is 1. The lowest BCUT2D eigenvalue weighted by Gasteiger charge is -2.42. The summed E-state index contributed by atoms with van der Waals surface area (Å²) in [6.45, 7) is 0. The fourth-order valence-electron chi connectivity index (χ4n) is 3.58. The molecule has 0 saturated heterocycles. The largest absolute Gasteiger partial charge is 0.368 e. The van der Waals surface area contributed by atoms with Gasteiger partial charge in [-0.2, -0.15) is 5.10 Å². The smallest absolute Gasteiger partial charge is 0.274 e. The molecule has 0 atom stereocenters. The van der Waals surface area contributed by atoms with E-state index in [2.05, 4.69) is 20.4 Å². The number of anilines is 1. The average molecular weight is 375 g/mol. The Labute approximate surface area is 162 Å². The first-order chi connectivity index (χ1) is 13.5. The van der Waals surface area contributed by atoms with Crippen molar-refractivity contribution in [2.24, 2.45) is 7.05 Å². The zero-order valence-electron chi connectivity index (χ0n) is 15.5. The zero-order chi connectivity index (χ0) is 19.7. The van der Waals surface area contributed by atoms with E-state index < -0.39 is 5.41 Å². The van der Waals surface area contributed by atoms with Crippen LogP contribution in [-0.2, 0) is 12.5 Å². The lowest BCUT2D eigenvalue weighted by molar-refractivity contribution is 0.0963. The summed E-state index contributed by atoms with van der Waals surface area (Å²) in [7, 11) is 1.71. The fraction of sp³-hybridized carbons (Fsp3) is 0.250. The van der Waals surface area contributed by atoms with Crippen LogP contribution in [0.15, 0.2) is 48.9 Å². The maximum atomic E-state index is 12.5. The molecule has 2 aromatic heterocycles. The second-order valence-corrected chi connectivity index (χ2v) is 7.01. The molecule has 8 heteroatoms. The summed E-state index contributed by atoms with van der Waals surface area (Å²) in [5, 5.41) is 15.4. The summed E-state index contributed by atoms with van der Waals surface area (Å²) in [6.07, 6.45) is 7.64. The monoisotopic (exact) mass is 375 g/mol. The molecular weight excluding hydrogens is 354 g/mol. The van der Waals surface area contributed by atoms with Crippen LogP contribution in [0.1, 0.15) is 35.3 Å². The van der Waals surface area contributed by atoms with Gasteiger partial charge in [0.05, 0.1) is 5.41 Å². The molecule has 0 bridgehead atoms. The van der Waals surface area contributed by atoms with E-state index in [1.165, 1.54) is 4.68 Å². The van der Waals surface area contributed by atoms with Crippen molar-refractivity contribution >= 4 is 17.7 Å². The third-order valence-electron chi connectivity index (χ3n) is 5.42. The number of nitrogens with two attached hydrogens (primary N) is 1. The van der Waals surface area contributed by atoms with Crippen LogP contribution in [0, 0.1) is 5.41 Å². The maximum Gasteiger partial charge on any atom is 0.274 e. The van der Waals surface area contributed by atoms with E-state index in [-0.39, 0.29) is 17.7 Å². The topological polar surface area (TPSA) is 123 Å². The summed E-state index contributed by atoms with van der Waals surface area (Å²) < 4.78 is 1.50. The van der Waals surface area contributed by atoms with Gasteiger partial charge in [-0.05, 0) is 30.0 Å². The maximum absolute atomic E-state index is 12.5. The van der Waals surface area contributed by atoms with Gasteiger partial charge in [-0.25, -0.2) is 9.97 Å². The number of nitrogen functional groups attached to an aromatic ring is 1. The molecule has 0 aliphatic heterocycles. The molecule has 1 aromatic carbocycles. The lowest BCUT2D eigenvalue weighted by atomic mass is 9.63. The number of carbonyl (C=O) groups excluding carboxylic acids is 1. The Morgan fingerprint density at radius 1 is 1.14 bits per heavy atom. The summed E-state index contributed by atoms with van der Waals surface area (Å²) in [5.74, 6) is 0.159. The van der Waals surface area contributed by atoms with Crippen molar-refractivity contribution in [3.63, 3.8) is 0 Å². The number of aromatic nitrogens is 4. The molecule has 2 heterocycles. The average Bonchev–Trinajstić information content (AvgIpc) is 3.08. The van der Waals surface area contributed by atoms with Crippen LogP contribution < -0.4 is 11.1 Å². The molecule has 0 radical (unpaired) electrons. The van der Waals surface area contributed by atoms with Crippen molar-refractivity contribution in [2.45, 2.75) is 24.7 Å². The van der Waals surface area contributed by atoms with Gasteiger partial charge in [-0.3, -0.25) is 14.9 Å². The predicted molar refractivity (Wildman–Crippen MR) is 106 cm³/mol. The molecule has 4 rings (SSSR count). The molecule has 0 unspecified atom stereocenters. The van der Waals surface area contributed by atoms with Crippen molar-refractivity contribution in [1.82, 2.24) is 25.1 Å². The molecule has 142 valence electrons. The van der Waals surface area contributed by atoms with Gasteiger partial charge < -0.3 is 11.1 Å². The number of hydrogen-bond donors (Lipinski definition) is 3. The van der Waals surface area contributed by atoms with Crippen LogP contribution in [-0.4, -0.2) is 31.5 Å². The molecule has 1 aliphatic carbocycles. The molecular formula is C20H21N7O. The van der Waals surface area contributed by atoms with Crippen molar-refractivity contribution in [1.29, 1.82) is 5.41 Å². The standard InChI is InChI=1S/C20H21N7O/c1-27-16(7-10-25-27)17(28)26-18(21)20(8-2-9-20)15-5-3-13(4-6-15)14-11-23-19(22)24-12-14/h3-7,10-12H,2,8-9H2,1H3,(H2,21,26,28)(H2,22,23,24). The summed E-state index contributed by atoms with van der Waals surface area (Å²) in [4.78, 5) is 20.5. The van der Waals surface area contributed by atoms with Crippen LogP contribution >= 0.6 is 0 Å². The van der Waals surface area contributed by atoms with E-state index in [0.717, 1.165) is 36.0 Å². The molecule has 1 amide bonds. The van der Waals surface area contributed by atoms with Crippen LogP contribution in [0.4, 0.5) is 5.95 Å². The molecule has 1 fully saturated rings. The predicted octanol–water partition coefficient (Wildman–Crippen LogP) is 2.29. The van der Waals surface area contributed by atoms with Crippen molar-refractivity contribution < 1.29 is 4.79 Å². The van der Waals surface area contributed by atoms with Gasteiger partial charge in [0.25, 0.3) is 5.91 Å². The second-order valence-electron chi connectivity index (χ2n) is 7.01. The Morgan fingerprint density at radius 2 is 1.82 bits per heavy atom. The van der Waals surface area contributed by atoms with Crippen LogP contribution in [0.3, 0.4) is 0 Å². The third-order valence-corrected chi connectivity index (χ3v) is 5.42. The van der Waals surface area contributed by atoms with E-state index in [4.69, 9.17) is 11.1 Å². The fourth-order valence-corrected chi connectivity index (χ4v) is 3.58. The number of nitrogens with one attached hydrogen (secondary N) is 2. The van der Waals surface area contributed by atoms with E-state index in [0.29, 0.717) is 5.69 Å². The Balaban J connectivity index is 1.55. The molecule has 8 nitrogen and oxygen atoms in total. The summed E-state index contributed by atoms with van der Waals surface area (Å²) >= 11 is 0. The molecule has 3 aromatic rings. The van der Waals surface area contributed by atoms with Crippen LogP contribution in [0.5, 0.6) is 0 Å². The van der Waals surface area contributed by atoms with Crippen molar-refractivity contribution in [3.8, 4) is 11.1 Å². The number of nitrogens with zero attached hydrogens (tertiary/aromatic N) is 4. The van der Waals surface area contributed by atoms with Crippen molar-refractivity contribution in [2.75, 3.05) is 5.73 Å². The minimum atomic E-state index is -0.454.